The summed E-state index contributed by atoms with van der Waals surface area (Å²) >= 11 is 0. The number of halogens is 1. The minimum absolute atomic E-state index is 0.229. The first-order chi connectivity index (χ1) is 10.7. The van der Waals surface area contributed by atoms with Crippen LogP contribution in [-0.2, 0) is 13.0 Å². The Labute approximate surface area is 126 Å². The molecule has 0 aliphatic carbocycles. The van der Waals surface area contributed by atoms with Gasteiger partial charge in [-0.15, -0.1) is 0 Å². The minimum Gasteiger partial charge on any atom is -0.364 e. The van der Waals surface area contributed by atoms with Gasteiger partial charge in [-0.1, -0.05) is 18.2 Å². The van der Waals surface area contributed by atoms with Crippen molar-refractivity contribution in [3.05, 3.63) is 70.0 Å². The maximum absolute atomic E-state index is 13.3. The third-order valence-corrected chi connectivity index (χ3v) is 4.04. The van der Waals surface area contributed by atoms with Gasteiger partial charge in [0.25, 0.3) is 5.56 Å². The molecule has 2 aromatic carbocycles. The molecule has 1 aliphatic rings. The first-order valence-corrected chi connectivity index (χ1v) is 7.22. The van der Waals surface area contributed by atoms with Crippen molar-refractivity contribution in [2.24, 2.45) is 0 Å². The summed E-state index contributed by atoms with van der Waals surface area (Å²) in [6, 6.07) is 12.2. The SMILES string of the molecule is O=c1[nH]c(CN2CCc3ccccc32)nc2cc(F)ccc12. The summed E-state index contributed by atoms with van der Waals surface area (Å²) in [7, 11) is 0. The van der Waals surface area contributed by atoms with Crippen LogP contribution in [0, 0.1) is 5.82 Å². The average Bonchev–Trinajstić information content (AvgIpc) is 2.90. The topological polar surface area (TPSA) is 49.0 Å². The Kier molecular flexibility index (Phi) is 2.92. The highest BCUT2D eigenvalue weighted by Gasteiger charge is 2.19. The molecular weight excluding hydrogens is 281 g/mol. The fraction of sp³-hybridized carbons (Fsp3) is 0.176. The Balaban J connectivity index is 1.72. The molecule has 2 heterocycles. The van der Waals surface area contributed by atoms with Crippen LogP contribution < -0.4 is 10.5 Å². The van der Waals surface area contributed by atoms with E-state index >= 15 is 0 Å². The number of fused-ring (bicyclic) bond motifs is 2. The van der Waals surface area contributed by atoms with Gasteiger partial charge in [0.15, 0.2) is 0 Å². The zero-order valence-electron chi connectivity index (χ0n) is 11.8. The van der Waals surface area contributed by atoms with Crippen LogP contribution in [0.4, 0.5) is 10.1 Å². The largest absolute Gasteiger partial charge is 0.364 e. The monoisotopic (exact) mass is 295 g/mol. The van der Waals surface area contributed by atoms with Gasteiger partial charge in [-0.25, -0.2) is 9.37 Å². The second kappa shape index (κ2) is 4.94. The van der Waals surface area contributed by atoms with Crippen molar-refractivity contribution in [1.82, 2.24) is 9.97 Å². The smallest absolute Gasteiger partial charge is 0.258 e. The molecule has 0 bridgehead atoms. The first kappa shape index (κ1) is 13.0. The van der Waals surface area contributed by atoms with Crippen LogP contribution in [-0.4, -0.2) is 16.5 Å². The summed E-state index contributed by atoms with van der Waals surface area (Å²) in [4.78, 5) is 21.5. The second-order valence-electron chi connectivity index (χ2n) is 5.47. The van der Waals surface area contributed by atoms with Gasteiger partial charge in [0, 0.05) is 18.3 Å². The molecule has 0 saturated carbocycles. The fourth-order valence-corrected chi connectivity index (χ4v) is 2.99. The minimum atomic E-state index is -0.386. The van der Waals surface area contributed by atoms with E-state index in [1.54, 1.807) is 0 Å². The van der Waals surface area contributed by atoms with Gasteiger partial charge in [-0.3, -0.25) is 4.79 Å². The number of aromatic nitrogens is 2. The van der Waals surface area contributed by atoms with E-state index in [2.05, 4.69) is 27.0 Å². The summed E-state index contributed by atoms with van der Waals surface area (Å²) in [5.74, 6) is 0.169. The fourth-order valence-electron chi connectivity index (χ4n) is 2.99. The predicted molar refractivity (Wildman–Crippen MR) is 83.5 cm³/mol. The first-order valence-electron chi connectivity index (χ1n) is 7.22. The number of para-hydroxylation sites is 1. The molecule has 5 heteroatoms. The molecule has 4 nitrogen and oxygen atoms in total. The Hall–Kier alpha value is -2.69. The summed E-state index contributed by atoms with van der Waals surface area (Å²) in [6.07, 6.45) is 0.989. The van der Waals surface area contributed by atoms with Crippen molar-refractivity contribution in [3.8, 4) is 0 Å². The van der Waals surface area contributed by atoms with Crippen molar-refractivity contribution in [2.45, 2.75) is 13.0 Å². The number of aromatic amines is 1. The van der Waals surface area contributed by atoms with E-state index in [1.165, 1.54) is 29.4 Å². The predicted octanol–water partition coefficient (Wildman–Crippen LogP) is 2.62. The normalized spacial score (nSPS) is 13.6. The molecule has 0 unspecified atom stereocenters. The quantitative estimate of drug-likeness (QED) is 0.790. The van der Waals surface area contributed by atoms with Crippen LogP contribution in [0.2, 0.25) is 0 Å². The van der Waals surface area contributed by atoms with Gasteiger partial charge in [-0.05, 0) is 30.2 Å². The third kappa shape index (κ3) is 2.15. The Morgan fingerprint density at radius 1 is 1.23 bits per heavy atom. The van der Waals surface area contributed by atoms with Crippen molar-refractivity contribution in [2.75, 3.05) is 11.4 Å². The lowest BCUT2D eigenvalue weighted by Gasteiger charge is -2.18. The molecule has 0 atom stereocenters. The molecule has 0 saturated heterocycles. The van der Waals surface area contributed by atoms with Crippen molar-refractivity contribution in [1.29, 1.82) is 0 Å². The van der Waals surface area contributed by atoms with Gasteiger partial charge in [0.05, 0.1) is 17.4 Å². The molecule has 0 spiro atoms. The van der Waals surface area contributed by atoms with Crippen LogP contribution in [0.5, 0.6) is 0 Å². The molecule has 0 radical (unpaired) electrons. The molecule has 3 aromatic rings. The molecule has 1 aromatic heterocycles. The Morgan fingerprint density at radius 2 is 2.09 bits per heavy atom. The summed E-state index contributed by atoms with van der Waals surface area (Å²) in [5.41, 5.74) is 2.64. The van der Waals surface area contributed by atoms with E-state index in [4.69, 9.17) is 0 Å². The van der Waals surface area contributed by atoms with Gasteiger partial charge < -0.3 is 9.88 Å². The van der Waals surface area contributed by atoms with Crippen LogP contribution in [0.25, 0.3) is 10.9 Å². The highest BCUT2D eigenvalue weighted by Crippen LogP contribution is 2.28. The summed E-state index contributed by atoms with van der Waals surface area (Å²) < 4.78 is 13.3. The number of benzene rings is 2. The van der Waals surface area contributed by atoms with E-state index in [1.807, 2.05) is 12.1 Å². The maximum atomic E-state index is 13.3. The number of H-pyrrole nitrogens is 1. The maximum Gasteiger partial charge on any atom is 0.258 e. The number of hydrogen-bond acceptors (Lipinski definition) is 3. The molecule has 22 heavy (non-hydrogen) atoms. The standard InChI is InChI=1S/C17H14FN3O/c18-12-5-6-13-14(9-12)19-16(20-17(13)22)10-21-8-7-11-3-1-2-4-15(11)21/h1-6,9H,7-8,10H2,(H,19,20,22). The molecular formula is C17H14FN3O. The van der Waals surface area contributed by atoms with Crippen LogP contribution >= 0.6 is 0 Å². The molecule has 0 fully saturated rings. The highest BCUT2D eigenvalue weighted by atomic mass is 19.1. The van der Waals surface area contributed by atoms with E-state index in [0.29, 0.717) is 23.3 Å². The molecule has 110 valence electrons. The zero-order valence-corrected chi connectivity index (χ0v) is 11.8. The van der Waals surface area contributed by atoms with Crippen LogP contribution in [0.15, 0.2) is 47.3 Å². The zero-order chi connectivity index (χ0) is 15.1. The van der Waals surface area contributed by atoms with Gasteiger partial charge in [-0.2, -0.15) is 0 Å². The van der Waals surface area contributed by atoms with Gasteiger partial charge in [0.1, 0.15) is 11.6 Å². The third-order valence-electron chi connectivity index (χ3n) is 4.04. The summed E-state index contributed by atoms with van der Waals surface area (Å²) in [6.45, 7) is 1.41. The van der Waals surface area contributed by atoms with E-state index in [-0.39, 0.29) is 11.4 Å². The molecule has 4 rings (SSSR count). The Morgan fingerprint density at radius 3 is 3.00 bits per heavy atom. The lowest BCUT2D eigenvalue weighted by Crippen LogP contribution is -2.23. The van der Waals surface area contributed by atoms with Gasteiger partial charge >= 0.3 is 0 Å². The molecule has 1 N–H and O–H groups in total. The van der Waals surface area contributed by atoms with Crippen molar-refractivity contribution in [3.63, 3.8) is 0 Å². The number of hydrogen-bond donors (Lipinski definition) is 1. The number of anilines is 1. The second-order valence-corrected chi connectivity index (χ2v) is 5.47. The van der Waals surface area contributed by atoms with Gasteiger partial charge in [0.2, 0.25) is 0 Å². The number of rotatable bonds is 2. The van der Waals surface area contributed by atoms with E-state index < -0.39 is 0 Å². The average molecular weight is 295 g/mol. The summed E-state index contributed by atoms with van der Waals surface area (Å²) in [5, 5.41) is 0.409. The van der Waals surface area contributed by atoms with Crippen LogP contribution in [0.3, 0.4) is 0 Å². The lowest BCUT2D eigenvalue weighted by molar-refractivity contribution is 0.629. The Bertz CT molecular complexity index is 919. The molecule has 1 aliphatic heterocycles. The van der Waals surface area contributed by atoms with Crippen LogP contribution in [0.1, 0.15) is 11.4 Å². The lowest BCUT2D eigenvalue weighted by atomic mass is 10.2. The molecule has 0 amide bonds. The highest BCUT2D eigenvalue weighted by molar-refractivity contribution is 5.77. The van der Waals surface area contributed by atoms with E-state index in [9.17, 15) is 9.18 Å². The van der Waals surface area contributed by atoms with Crippen molar-refractivity contribution >= 4 is 16.6 Å². The number of nitrogens with one attached hydrogen (secondary N) is 1. The van der Waals surface area contributed by atoms with Crippen molar-refractivity contribution < 1.29 is 4.39 Å². The number of nitrogens with zero attached hydrogens (tertiary/aromatic N) is 2. The van der Waals surface area contributed by atoms with E-state index in [0.717, 1.165) is 13.0 Å².